The van der Waals surface area contributed by atoms with Crippen LogP contribution in [0.15, 0.2) is 24.3 Å². The molecule has 2 N–H and O–H groups in total. The second kappa shape index (κ2) is 7.35. The van der Waals surface area contributed by atoms with Crippen LogP contribution < -0.4 is 10.6 Å². The highest BCUT2D eigenvalue weighted by molar-refractivity contribution is 6.33. The van der Waals surface area contributed by atoms with E-state index in [2.05, 4.69) is 10.6 Å². The van der Waals surface area contributed by atoms with Crippen LogP contribution in [0, 0.1) is 11.8 Å². The van der Waals surface area contributed by atoms with Crippen molar-refractivity contribution in [2.45, 2.75) is 51.0 Å². The highest BCUT2D eigenvalue weighted by Gasteiger charge is 2.48. The van der Waals surface area contributed by atoms with Gasteiger partial charge in [0.05, 0.1) is 22.5 Å². The fourth-order valence-corrected chi connectivity index (χ4v) is 3.48. The van der Waals surface area contributed by atoms with Gasteiger partial charge in [0.25, 0.3) is 0 Å². The first-order chi connectivity index (χ1) is 11.1. The van der Waals surface area contributed by atoms with Crippen LogP contribution in [0.25, 0.3) is 0 Å². The molecule has 1 aromatic carbocycles. The Morgan fingerprint density at radius 1 is 0.957 bits per heavy atom. The van der Waals surface area contributed by atoms with Crippen LogP contribution in [0.4, 0.5) is 5.69 Å². The second-order valence-corrected chi connectivity index (χ2v) is 7.02. The van der Waals surface area contributed by atoms with Crippen LogP contribution >= 0.6 is 11.6 Å². The molecular formula is C18H23ClN2O2. The van der Waals surface area contributed by atoms with Crippen LogP contribution in [-0.4, -0.2) is 17.9 Å². The second-order valence-electron chi connectivity index (χ2n) is 6.61. The van der Waals surface area contributed by atoms with Crippen molar-refractivity contribution in [1.82, 2.24) is 5.32 Å². The Kier molecular flexibility index (Phi) is 5.21. The molecule has 0 bridgehead atoms. The van der Waals surface area contributed by atoms with Gasteiger partial charge in [-0.05, 0) is 31.4 Å². The molecule has 0 spiro atoms. The molecule has 124 valence electrons. The number of hydrogen-bond acceptors (Lipinski definition) is 2. The van der Waals surface area contributed by atoms with Crippen LogP contribution in [0.3, 0.4) is 0 Å². The Morgan fingerprint density at radius 2 is 1.61 bits per heavy atom. The van der Waals surface area contributed by atoms with Gasteiger partial charge >= 0.3 is 0 Å². The fraction of sp³-hybridized carbons (Fsp3) is 0.556. The summed E-state index contributed by atoms with van der Waals surface area (Å²) in [6, 6.07) is 7.43. The summed E-state index contributed by atoms with van der Waals surface area (Å²) in [6.07, 6.45) is 7.66. The van der Waals surface area contributed by atoms with Gasteiger partial charge in [0.2, 0.25) is 11.8 Å². The van der Waals surface area contributed by atoms with E-state index in [9.17, 15) is 9.59 Å². The Bertz CT molecular complexity index is 582. The van der Waals surface area contributed by atoms with Gasteiger partial charge in [0, 0.05) is 6.04 Å². The maximum Gasteiger partial charge on any atom is 0.228 e. The highest BCUT2D eigenvalue weighted by Crippen LogP contribution is 2.40. The largest absolute Gasteiger partial charge is 0.353 e. The predicted octanol–water partition coefficient (Wildman–Crippen LogP) is 3.75. The number of rotatable bonds is 4. The Balaban J connectivity index is 1.49. The molecule has 2 atom stereocenters. The summed E-state index contributed by atoms with van der Waals surface area (Å²) >= 11 is 6.04. The lowest BCUT2D eigenvalue weighted by molar-refractivity contribution is -0.125. The summed E-state index contributed by atoms with van der Waals surface area (Å²) in [4.78, 5) is 24.5. The number of carbonyl (C=O) groups is 2. The Labute approximate surface area is 142 Å². The SMILES string of the molecule is O=C(Nc1ccccc1Cl)C1CC1C(=O)NC1CCCCCC1. The van der Waals surface area contributed by atoms with Gasteiger partial charge in [0.1, 0.15) is 0 Å². The smallest absolute Gasteiger partial charge is 0.228 e. The van der Waals surface area contributed by atoms with Gasteiger partial charge in [-0.25, -0.2) is 0 Å². The molecule has 0 heterocycles. The van der Waals surface area contributed by atoms with Gasteiger partial charge in [-0.2, -0.15) is 0 Å². The fourth-order valence-electron chi connectivity index (χ4n) is 3.29. The molecule has 5 heteroatoms. The van der Waals surface area contributed by atoms with E-state index in [1.54, 1.807) is 12.1 Å². The molecule has 2 aliphatic carbocycles. The lowest BCUT2D eigenvalue weighted by atomic mass is 10.1. The molecule has 3 rings (SSSR count). The zero-order chi connectivity index (χ0) is 16.2. The number of amides is 2. The molecule has 2 aliphatic rings. The van der Waals surface area contributed by atoms with Crippen molar-refractivity contribution in [2.24, 2.45) is 11.8 Å². The summed E-state index contributed by atoms with van der Waals surface area (Å²) in [6.45, 7) is 0. The lowest BCUT2D eigenvalue weighted by Crippen LogP contribution is -2.36. The van der Waals surface area contributed by atoms with Gasteiger partial charge in [-0.15, -0.1) is 0 Å². The average Bonchev–Trinajstić information content (AvgIpc) is 3.33. The molecular weight excluding hydrogens is 312 g/mol. The minimum atomic E-state index is -0.225. The molecule has 2 saturated carbocycles. The van der Waals surface area contributed by atoms with Gasteiger partial charge in [-0.3, -0.25) is 9.59 Å². The normalized spacial score (nSPS) is 24.6. The topological polar surface area (TPSA) is 58.2 Å². The van der Waals surface area contributed by atoms with Crippen LogP contribution in [0.2, 0.25) is 5.02 Å². The van der Waals surface area contributed by atoms with E-state index in [1.807, 2.05) is 12.1 Å². The quantitative estimate of drug-likeness (QED) is 0.824. The zero-order valence-corrected chi connectivity index (χ0v) is 13.9. The third kappa shape index (κ3) is 4.25. The number of anilines is 1. The molecule has 0 radical (unpaired) electrons. The van der Waals surface area contributed by atoms with E-state index < -0.39 is 0 Å². The maximum atomic E-state index is 12.3. The van der Waals surface area contributed by atoms with Crippen molar-refractivity contribution in [1.29, 1.82) is 0 Å². The predicted molar refractivity (Wildman–Crippen MR) is 91.3 cm³/mol. The summed E-state index contributed by atoms with van der Waals surface area (Å²) < 4.78 is 0. The van der Waals surface area contributed by atoms with Crippen molar-refractivity contribution < 1.29 is 9.59 Å². The number of hydrogen-bond donors (Lipinski definition) is 2. The van der Waals surface area contributed by atoms with Crippen LogP contribution in [0.1, 0.15) is 44.9 Å². The van der Waals surface area contributed by atoms with E-state index in [0.717, 1.165) is 12.8 Å². The van der Waals surface area contributed by atoms with E-state index in [0.29, 0.717) is 17.1 Å². The first-order valence-corrected chi connectivity index (χ1v) is 8.88. The van der Waals surface area contributed by atoms with E-state index in [1.165, 1.54) is 25.7 Å². The molecule has 0 saturated heterocycles. The minimum Gasteiger partial charge on any atom is -0.353 e. The summed E-state index contributed by atoms with van der Waals surface area (Å²) in [7, 11) is 0. The van der Waals surface area contributed by atoms with Crippen LogP contribution in [-0.2, 0) is 9.59 Å². The Hall–Kier alpha value is -1.55. The number of carbonyl (C=O) groups excluding carboxylic acids is 2. The monoisotopic (exact) mass is 334 g/mol. The first kappa shape index (κ1) is 16.3. The molecule has 23 heavy (non-hydrogen) atoms. The average molecular weight is 335 g/mol. The van der Waals surface area contributed by atoms with Gasteiger partial charge < -0.3 is 10.6 Å². The third-order valence-electron chi connectivity index (χ3n) is 4.80. The van der Waals surface area contributed by atoms with E-state index in [-0.39, 0.29) is 29.7 Å². The number of nitrogens with one attached hydrogen (secondary N) is 2. The molecule has 0 aliphatic heterocycles. The molecule has 1 aromatic rings. The van der Waals surface area contributed by atoms with Crippen molar-refractivity contribution in [3.8, 4) is 0 Å². The zero-order valence-electron chi connectivity index (χ0n) is 13.2. The summed E-state index contributed by atoms with van der Waals surface area (Å²) in [5.74, 6) is -0.479. The first-order valence-electron chi connectivity index (χ1n) is 8.51. The van der Waals surface area contributed by atoms with E-state index >= 15 is 0 Å². The molecule has 2 fully saturated rings. The highest BCUT2D eigenvalue weighted by atomic mass is 35.5. The minimum absolute atomic E-state index is 0.0382. The summed E-state index contributed by atoms with van der Waals surface area (Å²) in [5, 5.41) is 6.47. The summed E-state index contributed by atoms with van der Waals surface area (Å²) in [5.41, 5.74) is 0.606. The molecule has 4 nitrogen and oxygen atoms in total. The molecule has 2 amide bonds. The van der Waals surface area contributed by atoms with Crippen molar-refractivity contribution >= 4 is 29.1 Å². The van der Waals surface area contributed by atoms with Gasteiger partial charge in [-0.1, -0.05) is 49.4 Å². The van der Waals surface area contributed by atoms with Crippen LogP contribution in [0.5, 0.6) is 0 Å². The maximum absolute atomic E-state index is 12.3. The molecule has 2 unspecified atom stereocenters. The lowest BCUT2D eigenvalue weighted by Gasteiger charge is -2.16. The van der Waals surface area contributed by atoms with Crippen molar-refractivity contribution in [2.75, 3.05) is 5.32 Å². The third-order valence-corrected chi connectivity index (χ3v) is 5.13. The Morgan fingerprint density at radius 3 is 2.30 bits per heavy atom. The van der Waals surface area contributed by atoms with Crippen molar-refractivity contribution in [3.63, 3.8) is 0 Å². The standard InChI is InChI=1S/C18H23ClN2O2/c19-15-9-5-6-10-16(15)21-18(23)14-11-13(14)17(22)20-12-7-3-1-2-4-8-12/h5-6,9-10,12-14H,1-4,7-8,11H2,(H,20,22)(H,21,23). The van der Waals surface area contributed by atoms with Gasteiger partial charge in [0.15, 0.2) is 0 Å². The van der Waals surface area contributed by atoms with E-state index in [4.69, 9.17) is 11.6 Å². The number of benzene rings is 1. The molecule has 0 aromatic heterocycles. The van der Waals surface area contributed by atoms with Crippen molar-refractivity contribution in [3.05, 3.63) is 29.3 Å². The number of halogens is 1. The number of para-hydroxylation sites is 1.